The van der Waals surface area contributed by atoms with E-state index in [1.807, 2.05) is 36.7 Å². The number of nitrogens with two attached hydrogens (primary N) is 1. The molecule has 6 heteroatoms. The summed E-state index contributed by atoms with van der Waals surface area (Å²) in [6, 6.07) is 5.93. The van der Waals surface area contributed by atoms with Crippen molar-refractivity contribution in [1.29, 1.82) is 0 Å². The Labute approximate surface area is 109 Å². The number of hydrogen-bond acceptors (Lipinski definition) is 3. The molecule has 3 rings (SSSR count). The van der Waals surface area contributed by atoms with E-state index in [2.05, 4.69) is 15.0 Å². The van der Waals surface area contributed by atoms with Crippen LogP contribution in [0.25, 0.3) is 22.3 Å². The van der Waals surface area contributed by atoms with E-state index in [-0.39, 0.29) is 0 Å². The molecule has 0 spiro atoms. The Bertz CT molecular complexity index is 740. The number of aromatic amines is 1. The Morgan fingerprint density at radius 1 is 1.33 bits per heavy atom. The second-order valence-electron chi connectivity index (χ2n) is 4.21. The lowest BCUT2D eigenvalue weighted by Crippen LogP contribution is -1.89. The Morgan fingerprint density at radius 2 is 2.11 bits per heavy atom. The van der Waals surface area contributed by atoms with E-state index in [0.29, 0.717) is 16.8 Å². The fourth-order valence-electron chi connectivity index (χ4n) is 2.03. The summed E-state index contributed by atoms with van der Waals surface area (Å²) >= 11 is 6.04. The van der Waals surface area contributed by atoms with Crippen molar-refractivity contribution in [1.82, 2.24) is 19.5 Å². The van der Waals surface area contributed by atoms with Crippen LogP contribution in [0, 0.1) is 6.92 Å². The minimum absolute atomic E-state index is 0.312. The van der Waals surface area contributed by atoms with Crippen LogP contribution in [0.1, 0.15) is 5.82 Å². The Morgan fingerprint density at radius 3 is 2.78 bits per heavy atom. The lowest BCUT2D eigenvalue weighted by molar-refractivity contribution is 0.886. The standard InChI is InChI=1S/C12H12ClN5/c1-6-15-8-5-7(3-4-9(8)18(6)2)10-11(13)17-12(14)16-10/h3-5H,1-2H3,(H3,14,16,17). The highest BCUT2D eigenvalue weighted by Gasteiger charge is 2.11. The van der Waals surface area contributed by atoms with Gasteiger partial charge >= 0.3 is 0 Å². The van der Waals surface area contributed by atoms with Crippen LogP contribution < -0.4 is 5.73 Å². The topological polar surface area (TPSA) is 72.5 Å². The number of imidazole rings is 2. The molecule has 2 heterocycles. The summed E-state index contributed by atoms with van der Waals surface area (Å²) in [6.45, 7) is 1.97. The van der Waals surface area contributed by atoms with E-state index in [1.54, 1.807) is 0 Å². The van der Waals surface area contributed by atoms with Crippen molar-refractivity contribution in [2.45, 2.75) is 6.92 Å². The molecular formula is C12H12ClN5. The van der Waals surface area contributed by atoms with Gasteiger partial charge in [-0.2, -0.15) is 0 Å². The molecule has 0 aliphatic carbocycles. The van der Waals surface area contributed by atoms with Gasteiger partial charge in [0.2, 0.25) is 0 Å². The summed E-state index contributed by atoms with van der Waals surface area (Å²) in [5.41, 5.74) is 9.14. The number of fused-ring (bicyclic) bond motifs is 1. The maximum absolute atomic E-state index is 6.04. The number of H-pyrrole nitrogens is 1. The predicted octanol–water partition coefficient (Wildman–Crippen LogP) is 2.51. The van der Waals surface area contributed by atoms with Crippen molar-refractivity contribution in [3.63, 3.8) is 0 Å². The summed E-state index contributed by atoms with van der Waals surface area (Å²) in [5.74, 6) is 1.28. The average molecular weight is 262 g/mol. The van der Waals surface area contributed by atoms with Gasteiger partial charge in [-0.25, -0.2) is 9.97 Å². The minimum atomic E-state index is 0.312. The van der Waals surface area contributed by atoms with Crippen molar-refractivity contribution in [3.05, 3.63) is 29.2 Å². The molecule has 1 aromatic carbocycles. The van der Waals surface area contributed by atoms with Gasteiger partial charge in [0.25, 0.3) is 0 Å². The van der Waals surface area contributed by atoms with Crippen molar-refractivity contribution in [2.75, 3.05) is 5.73 Å². The largest absolute Gasteiger partial charge is 0.369 e. The van der Waals surface area contributed by atoms with Crippen LogP contribution in [-0.4, -0.2) is 19.5 Å². The zero-order chi connectivity index (χ0) is 12.9. The number of nitrogens with zero attached hydrogens (tertiary/aromatic N) is 3. The SMILES string of the molecule is Cc1nc2cc(-c3nc(N)[nH]c3Cl)ccc2n1C. The van der Waals surface area contributed by atoms with Crippen LogP contribution in [-0.2, 0) is 7.05 Å². The van der Waals surface area contributed by atoms with Crippen LogP contribution in [0.15, 0.2) is 18.2 Å². The highest BCUT2D eigenvalue weighted by atomic mass is 35.5. The van der Waals surface area contributed by atoms with Gasteiger partial charge in [0.05, 0.1) is 11.0 Å². The molecule has 0 saturated heterocycles. The molecule has 3 aromatic rings. The first-order valence-electron chi connectivity index (χ1n) is 5.50. The lowest BCUT2D eigenvalue weighted by Gasteiger charge is -1.99. The molecule has 0 aliphatic rings. The van der Waals surface area contributed by atoms with Crippen molar-refractivity contribution < 1.29 is 0 Å². The molecule has 0 fully saturated rings. The molecule has 0 bridgehead atoms. The predicted molar refractivity (Wildman–Crippen MR) is 72.5 cm³/mol. The van der Waals surface area contributed by atoms with Crippen LogP contribution in [0.2, 0.25) is 5.15 Å². The third-order valence-electron chi connectivity index (χ3n) is 3.06. The minimum Gasteiger partial charge on any atom is -0.369 e. The maximum atomic E-state index is 6.04. The van der Waals surface area contributed by atoms with Crippen LogP contribution in [0.3, 0.4) is 0 Å². The van der Waals surface area contributed by atoms with Gasteiger partial charge in [-0.05, 0) is 19.1 Å². The Kier molecular flexibility index (Phi) is 2.31. The van der Waals surface area contributed by atoms with Gasteiger partial charge in [-0.1, -0.05) is 17.7 Å². The molecule has 92 valence electrons. The van der Waals surface area contributed by atoms with Crippen LogP contribution in [0.5, 0.6) is 0 Å². The molecule has 0 radical (unpaired) electrons. The molecule has 18 heavy (non-hydrogen) atoms. The number of nitrogens with one attached hydrogen (secondary N) is 1. The van der Waals surface area contributed by atoms with E-state index < -0.39 is 0 Å². The molecule has 2 aromatic heterocycles. The number of benzene rings is 1. The zero-order valence-electron chi connectivity index (χ0n) is 10.0. The number of aryl methyl sites for hydroxylation is 2. The van der Waals surface area contributed by atoms with Gasteiger partial charge < -0.3 is 15.3 Å². The van der Waals surface area contributed by atoms with Gasteiger partial charge in [0, 0.05) is 12.6 Å². The molecule has 0 atom stereocenters. The molecule has 3 N–H and O–H groups in total. The van der Waals surface area contributed by atoms with E-state index in [1.165, 1.54) is 0 Å². The first-order chi connectivity index (χ1) is 8.56. The normalized spacial score (nSPS) is 11.3. The Balaban J connectivity index is 2.22. The third-order valence-corrected chi connectivity index (χ3v) is 3.33. The molecule has 5 nitrogen and oxygen atoms in total. The number of rotatable bonds is 1. The smallest absolute Gasteiger partial charge is 0.199 e. The highest BCUT2D eigenvalue weighted by molar-refractivity contribution is 6.32. The Hall–Kier alpha value is -2.01. The summed E-state index contributed by atoms with van der Waals surface area (Å²) in [7, 11) is 1.99. The van der Waals surface area contributed by atoms with Crippen molar-refractivity contribution >= 4 is 28.6 Å². The second kappa shape index (κ2) is 3.74. The van der Waals surface area contributed by atoms with E-state index >= 15 is 0 Å². The summed E-state index contributed by atoms with van der Waals surface area (Å²) in [4.78, 5) is 11.4. The quantitative estimate of drug-likeness (QED) is 0.707. The summed E-state index contributed by atoms with van der Waals surface area (Å²) in [5, 5.41) is 0.444. The average Bonchev–Trinajstić information content (AvgIpc) is 2.80. The molecule has 0 amide bonds. The second-order valence-corrected chi connectivity index (χ2v) is 4.58. The number of nitrogen functional groups attached to an aromatic ring is 1. The third kappa shape index (κ3) is 1.55. The van der Waals surface area contributed by atoms with Crippen LogP contribution >= 0.6 is 11.6 Å². The lowest BCUT2D eigenvalue weighted by atomic mass is 10.1. The fourth-order valence-corrected chi connectivity index (χ4v) is 2.28. The molecule has 0 aliphatic heterocycles. The number of aromatic nitrogens is 4. The fraction of sp³-hybridized carbons (Fsp3) is 0.167. The zero-order valence-corrected chi connectivity index (χ0v) is 10.8. The van der Waals surface area contributed by atoms with E-state index in [9.17, 15) is 0 Å². The van der Waals surface area contributed by atoms with Gasteiger partial charge in [-0.3, -0.25) is 0 Å². The maximum Gasteiger partial charge on any atom is 0.199 e. The van der Waals surface area contributed by atoms with Crippen LogP contribution in [0.4, 0.5) is 5.95 Å². The van der Waals surface area contributed by atoms with Crippen molar-refractivity contribution in [3.8, 4) is 11.3 Å². The number of halogens is 1. The number of hydrogen-bond donors (Lipinski definition) is 2. The van der Waals surface area contributed by atoms with E-state index in [0.717, 1.165) is 22.4 Å². The molecular weight excluding hydrogens is 250 g/mol. The summed E-state index contributed by atoms with van der Waals surface area (Å²) in [6.07, 6.45) is 0. The van der Waals surface area contributed by atoms with Crippen molar-refractivity contribution in [2.24, 2.45) is 7.05 Å². The van der Waals surface area contributed by atoms with Gasteiger partial charge in [-0.15, -0.1) is 0 Å². The van der Waals surface area contributed by atoms with Gasteiger partial charge in [0.15, 0.2) is 5.95 Å². The monoisotopic (exact) mass is 261 g/mol. The molecule has 0 saturated carbocycles. The summed E-state index contributed by atoms with van der Waals surface area (Å²) < 4.78 is 2.04. The first kappa shape index (κ1) is 11.1. The molecule has 0 unspecified atom stereocenters. The highest BCUT2D eigenvalue weighted by Crippen LogP contribution is 2.28. The first-order valence-corrected chi connectivity index (χ1v) is 5.88. The number of anilines is 1. The van der Waals surface area contributed by atoms with Gasteiger partial charge in [0.1, 0.15) is 16.7 Å². The van der Waals surface area contributed by atoms with E-state index in [4.69, 9.17) is 17.3 Å².